The minimum absolute atomic E-state index is 0.120. The number of carbonyl (C=O) groups is 2. The topological polar surface area (TPSA) is 97.1 Å². The average Bonchev–Trinajstić information content (AvgIpc) is 3.16. The largest absolute Gasteiger partial charge is 0.336 e. The molecular weight excluding hydrogens is 404 g/mol. The Morgan fingerprint density at radius 3 is 2.41 bits per heavy atom. The number of aromatic nitrogens is 2. The summed E-state index contributed by atoms with van der Waals surface area (Å²) in [6.45, 7) is 7.68. The Labute approximate surface area is 185 Å². The van der Waals surface area contributed by atoms with Crippen LogP contribution >= 0.6 is 0 Å². The third kappa shape index (κ3) is 4.23. The summed E-state index contributed by atoms with van der Waals surface area (Å²) in [6, 6.07) is 16.1. The van der Waals surface area contributed by atoms with Gasteiger partial charge in [0.05, 0.1) is 16.6 Å². The Bertz CT molecular complexity index is 1310. The van der Waals surface area contributed by atoms with Crippen molar-refractivity contribution in [2.24, 2.45) is 0 Å². The van der Waals surface area contributed by atoms with Crippen molar-refractivity contribution in [3.8, 4) is 0 Å². The first-order chi connectivity index (χ1) is 15.3. The zero-order chi connectivity index (χ0) is 22.8. The van der Waals surface area contributed by atoms with Gasteiger partial charge in [0.2, 0.25) is 0 Å². The molecule has 2 heterocycles. The second kappa shape index (κ2) is 8.63. The van der Waals surface area contributed by atoms with Crippen LogP contribution in [-0.2, 0) is 0 Å². The average molecular weight is 428 g/mol. The summed E-state index contributed by atoms with van der Waals surface area (Å²) in [4.78, 5) is 30.2. The number of rotatable bonds is 5. The van der Waals surface area contributed by atoms with E-state index in [9.17, 15) is 9.59 Å². The number of amides is 2. The van der Waals surface area contributed by atoms with Crippen LogP contribution in [0.5, 0.6) is 0 Å². The van der Waals surface area contributed by atoms with E-state index in [1.54, 1.807) is 37.3 Å². The molecule has 0 saturated carbocycles. The summed E-state index contributed by atoms with van der Waals surface area (Å²) in [6.07, 6.45) is 0. The lowest BCUT2D eigenvalue weighted by Gasteiger charge is -2.13. The number of hydrogen-bond donors (Lipinski definition) is 2. The maximum absolute atomic E-state index is 13.3. The molecular formula is C25H24N4O3. The van der Waals surface area contributed by atoms with E-state index in [4.69, 9.17) is 4.52 Å². The maximum atomic E-state index is 13.3. The number of aryl methyl sites for hydroxylation is 2. The predicted octanol–water partition coefficient (Wildman–Crippen LogP) is 5.47. The van der Waals surface area contributed by atoms with E-state index in [0.717, 1.165) is 11.3 Å². The van der Waals surface area contributed by atoms with Crippen LogP contribution in [0.25, 0.3) is 11.1 Å². The van der Waals surface area contributed by atoms with Crippen molar-refractivity contribution in [3.05, 3.63) is 82.7 Å². The van der Waals surface area contributed by atoms with Crippen molar-refractivity contribution in [2.75, 3.05) is 10.6 Å². The zero-order valence-electron chi connectivity index (χ0n) is 18.4. The predicted molar refractivity (Wildman–Crippen MR) is 124 cm³/mol. The van der Waals surface area contributed by atoms with Gasteiger partial charge < -0.3 is 15.2 Å². The smallest absolute Gasteiger partial charge is 0.259 e. The molecule has 0 unspecified atom stereocenters. The summed E-state index contributed by atoms with van der Waals surface area (Å²) >= 11 is 0. The Morgan fingerprint density at radius 1 is 0.938 bits per heavy atom. The number of nitrogens with zero attached hydrogens (tertiary/aromatic N) is 2. The molecule has 7 heteroatoms. The fourth-order valence-electron chi connectivity index (χ4n) is 3.41. The van der Waals surface area contributed by atoms with Crippen LogP contribution in [-0.4, -0.2) is 22.0 Å². The molecule has 0 aliphatic carbocycles. The highest BCUT2D eigenvalue weighted by Crippen LogP contribution is 2.27. The minimum atomic E-state index is -0.291. The molecule has 7 nitrogen and oxygen atoms in total. The molecule has 4 rings (SSSR count). The minimum Gasteiger partial charge on any atom is -0.336 e. The van der Waals surface area contributed by atoms with Gasteiger partial charge in [-0.05, 0) is 55.7 Å². The maximum Gasteiger partial charge on any atom is 0.259 e. The molecule has 0 fully saturated rings. The monoisotopic (exact) mass is 428 g/mol. The molecule has 32 heavy (non-hydrogen) atoms. The first-order valence-electron chi connectivity index (χ1n) is 10.4. The van der Waals surface area contributed by atoms with Gasteiger partial charge in [0.25, 0.3) is 17.5 Å². The molecule has 162 valence electrons. The summed E-state index contributed by atoms with van der Waals surface area (Å²) in [5, 5.41) is 10.4. The van der Waals surface area contributed by atoms with Crippen LogP contribution < -0.4 is 10.6 Å². The lowest BCUT2D eigenvalue weighted by Crippen LogP contribution is -2.16. The van der Waals surface area contributed by atoms with E-state index in [2.05, 4.69) is 20.8 Å². The van der Waals surface area contributed by atoms with Gasteiger partial charge >= 0.3 is 0 Å². The van der Waals surface area contributed by atoms with Gasteiger partial charge in [-0.2, -0.15) is 0 Å². The van der Waals surface area contributed by atoms with E-state index >= 15 is 0 Å². The normalized spacial score (nSPS) is 11.0. The standard InChI is InChI=1S/C25H24N4O3/c1-14(2)20-13-19(22-16(4)29-32-25(22)28-20)24(31)27-21-12-18(11-10-15(21)3)26-23(30)17-8-6-5-7-9-17/h5-14H,1-4H3,(H,26,30)(H,27,31). The molecule has 0 radical (unpaired) electrons. The summed E-state index contributed by atoms with van der Waals surface area (Å²) in [5.74, 6) is -0.390. The molecule has 2 aromatic carbocycles. The van der Waals surface area contributed by atoms with Gasteiger partial charge in [-0.3, -0.25) is 9.59 Å². The Morgan fingerprint density at radius 2 is 1.69 bits per heavy atom. The zero-order valence-corrected chi connectivity index (χ0v) is 18.4. The summed E-state index contributed by atoms with van der Waals surface area (Å²) in [5.41, 5.74) is 4.77. The van der Waals surface area contributed by atoms with Crippen molar-refractivity contribution in [3.63, 3.8) is 0 Å². The molecule has 0 saturated heterocycles. The van der Waals surface area contributed by atoms with Gasteiger partial charge in [-0.25, -0.2) is 4.98 Å². The van der Waals surface area contributed by atoms with Crippen molar-refractivity contribution in [1.29, 1.82) is 0 Å². The van der Waals surface area contributed by atoms with Crippen LogP contribution in [0, 0.1) is 13.8 Å². The van der Waals surface area contributed by atoms with Crippen LogP contribution in [0.15, 0.2) is 59.1 Å². The third-order valence-corrected chi connectivity index (χ3v) is 5.25. The van der Waals surface area contributed by atoms with Gasteiger partial charge in [0, 0.05) is 22.6 Å². The third-order valence-electron chi connectivity index (χ3n) is 5.25. The lowest BCUT2D eigenvalue weighted by atomic mass is 10.0. The molecule has 2 aromatic heterocycles. The molecule has 2 N–H and O–H groups in total. The van der Waals surface area contributed by atoms with E-state index in [1.807, 2.05) is 45.0 Å². The number of nitrogens with one attached hydrogen (secondary N) is 2. The number of fused-ring (bicyclic) bond motifs is 1. The Balaban J connectivity index is 1.63. The quantitative estimate of drug-likeness (QED) is 0.439. The highest BCUT2D eigenvalue weighted by molar-refractivity contribution is 6.13. The number of pyridine rings is 1. The lowest BCUT2D eigenvalue weighted by molar-refractivity contribution is 0.102. The second-order valence-corrected chi connectivity index (χ2v) is 8.00. The molecule has 4 aromatic rings. The van der Waals surface area contributed by atoms with Gasteiger partial charge in [0.15, 0.2) is 0 Å². The van der Waals surface area contributed by atoms with Crippen molar-refractivity contribution >= 4 is 34.3 Å². The van der Waals surface area contributed by atoms with Crippen molar-refractivity contribution in [1.82, 2.24) is 10.1 Å². The highest BCUT2D eigenvalue weighted by atomic mass is 16.5. The van der Waals surface area contributed by atoms with E-state index < -0.39 is 0 Å². The fourth-order valence-corrected chi connectivity index (χ4v) is 3.41. The fraction of sp³-hybridized carbons (Fsp3) is 0.200. The number of anilines is 2. The number of benzene rings is 2. The van der Waals surface area contributed by atoms with Crippen LogP contribution in [0.2, 0.25) is 0 Å². The molecule has 0 bridgehead atoms. The van der Waals surface area contributed by atoms with Crippen molar-refractivity contribution in [2.45, 2.75) is 33.6 Å². The van der Waals surface area contributed by atoms with E-state index in [-0.39, 0.29) is 17.7 Å². The van der Waals surface area contributed by atoms with Crippen LogP contribution in [0.4, 0.5) is 11.4 Å². The van der Waals surface area contributed by atoms with Gasteiger partial charge in [-0.1, -0.05) is 43.3 Å². The van der Waals surface area contributed by atoms with Gasteiger partial charge in [-0.15, -0.1) is 0 Å². The molecule has 0 aliphatic rings. The molecule has 0 atom stereocenters. The molecule has 0 aliphatic heterocycles. The van der Waals surface area contributed by atoms with Crippen LogP contribution in [0.3, 0.4) is 0 Å². The van der Waals surface area contributed by atoms with Crippen LogP contribution in [0.1, 0.15) is 57.4 Å². The summed E-state index contributed by atoms with van der Waals surface area (Å²) in [7, 11) is 0. The Hall–Kier alpha value is -4.00. The van der Waals surface area contributed by atoms with E-state index in [1.165, 1.54) is 0 Å². The highest BCUT2D eigenvalue weighted by Gasteiger charge is 2.20. The first kappa shape index (κ1) is 21.2. The number of hydrogen-bond acceptors (Lipinski definition) is 5. The molecule has 0 spiro atoms. The number of carbonyl (C=O) groups excluding carboxylic acids is 2. The molecule has 2 amide bonds. The Kier molecular flexibility index (Phi) is 5.73. The van der Waals surface area contributed by atoms with E-state index in [0.29, 0.717) is 39.3 Å². The first-order valence-corrected chi connectivity index (χ1v) is 10.4. The SMILES string of the molecule is Cc1ccc(NC(=O)c2ccccc2)cc1NC(=O)c1cc(C(C)C)nc2onc(C)c12. The summed E-state index contributed by atoms with van der Waals surface area (Å²) < 4.78 is 5.32. The van der Waals surface area contributed by atoms with Crippen molar-refractivity contribution < 1.29 is 14.1 Å². The van der Waals surface area contributed by atoms with Gasteiger partial charge in [0.1, 0.15) is 0 Å². The second-order valence-electron chi connectivity index (χ2n) is 8.00.